The molecule has 2 aromatic rings. The van der Waals surface area contributed by atoms with Crippen LogP contribution in [0.25, 0.3) is 0 Å². The van der Waals surface area contributed by atoms with Crippen molar-refractivity contribution in [1.82, 2.24) is 9.80 Å². The lowest BCUT2D eigenvalue weighted by atomic mass is 9.82. The molecular formula is C22H22F4N2O2. The molecule has 1 fully saturated rings. The lowest BCUT2D eigenvalue weighted by Gasteiger charge is -2.39. The number of hydrogen-bond donors (Lipinski definition) is 0. The number of amides is 2. The molecule has 160 valence electrons. The van der Waals surface area contributed by atoms with Crippen LogP contribution in [0.5, 0.6) is 0 Å². The van der Waals surface area contributed by atoms with Crippen molar-refractivity contribution in [3.05, 3.63) is 71.0 Å². The Kier molecular flexibility index (Phi) is 5.87. The van der Waals surface area contributed by atoms with Gasteiger partial charge in [-0.3, -0.25) is 9.59 Å². The highest BCUT2D eigenvalue weighted by molar-refractivity contribution is 5.95. The van der Waals surface area contributed by atoms with E-state index < -0.39 is 28.9 Å². The van der Waals surface area contributed by atoms with E-state index in [2.05, 4.69) is 0 Å². The smallest absolute Gasteiger partial charge is 0.338 e. The molecule has 0 atom stereocenters. The number of halogens is 4. The molecule has 1 aliphatic rings. The summed E-state index contributed by atoms with van der Waals surface area (Å²) in [5.41, 5.74) is -1.73. The van der Waals surface area contributed by atoms with Crippen molar-refractivity contribution in [1.29, 1.82) is 0 Å². The molecule has 4 nitrogen and oxygen atoms in total. The average molecular weight is 422 g/mol. The second-order valence-corrected chi connectivity index (χ2v) is 7.77. The number of alkyl halides is 3. The summed E-state index contributed by atoms with van der Waals surface area (Å²) in [5, 5.41) is 0. The highest BCUT2D eigenvalue weighted by atomic mass is 19.4. The molecule has 1 saturated heterocycles. The van der Waals surface area contributed by atoms with Gasteiger partial charge in [-0.25, -0.2) is 4.39 Å². The fourth-order valence-corrected chi connectivity index (χ4v) is 3.52. The second-order valence-electron chi connectivity index (χ2n) is 7.77. The highest BCUT2D eigenvalue weighted by Crippen LogP contribution is 2.33. The minimum Gasteiger partial charge on any atom is -0.338 e. The van der Waals surface area contributed by atoms with E-state index in [4.69, 9.17) is 0 Å². The fraction of sp³-hybridized carbons (Fsp3) is 0.364. The lowest BCUT2D eigenvalue weighted by Crippen LogP contribution is -2.54. The molecule has 0 N–H and O–H groups in total. The molecule has 0 bridgehead atoms. The number of carbonyl (C=O) groups excluding carboxylic acids is 2. The Bertz CT molecular complexity index is 948. The zero-order valence-corrected chi connectivity index (χ0v) is 16.7. The van der Waals surface area contributed by atoms with E-state index in [0.717, 1.165) is 12.1 Å². The van der Waals surface area contributed by atoms with Crippen molar-refractivity contribution in [2.24, 2.45) is 0 Å². The molecule has 30 heavy (non-hydrogen) atoms. The molecule has 2 amide bonds. The van der Waals surface area contributed by atoms with E-state index in [1.807, 2.05) is 0 Å². The zero-order valence-electron chi connectivity index (χ0n) is 16.7. The van der Waals surface area contributed by atoms with Gasteiger partial charge >= 0.3 is 6.18 Å². The maximum absolute atomic E-state index is 13.9. The molecule has 3 rings (SSSR count). The Labute approximate surface area is 172 Å². The van der Waals surface area contributed by atoms with Gasteiger partial charge in [0.05, 0.1) is 16.5 Å². The minimum atomic E-state index is -4.49. The van der Waals surface area contributed by atoms with E-state index in [0.29, 0.717) is 0 Å². The average Bonchev–Trinajstić information content (AvgIpc) is 2.72. The maximum atomic E-state index is 13.9. The van der Waals surface area contributed by atoms with Gasteiger partial charge in [0.1, 0.15) is 5.82 Å². The first-order valence-electron chi connectivity index (χ1n) is 9.53. The fourth-order valence-electron chi connectivity index (χ4n) is 3.52. The maximum Gasteiger partial charge on any atom is 0.416 e. The third kappa shape index (κ3) is 4.32. The topological polar surface area (TPSA) is 40.6 Å². The summed E-state index contributed by atoms with van der Waals surface area (Å²) in [4.78, 5) is 28.6. The molecule has 8 heteroatoms. The minimum absolute atomic E-state index is 0.0263. The van der Waals surface area contributed by atoms with Crippen molar-refractivity contribution in [3.63, 3.8) is 0 Å². The van der Waals surface area contributed by atoms with Gasteiger partial charge in [0.15, 0.2) is 0 Å². The van der Waals surface area contributed by atoms with Crippen LogP contribution in [-0.4, -0.2) is 47.8 Å². The van der Waals surface area contributed by atoms with E-state index in [9.17, 15) is 27.2 Å². The third-order valence-corrected chi connectivity index (χ3v) is 5.40. The van der Waals surface area contributed by atoms with Crippen molar-refractivity contribution in [2.75, 3.05) is 26.2 Å². The summed E-state index contributed by atoms with van der Waals surface area (Å²) in [7, 11) is 0. The molecule has 0 saturated carbocycles. The highest BCUT2D eigenvalue weighted by Gasteiger charge is 2.38. The first-order chi connectivity index (χ1) is 14.0. The van der Waals surface area contributed by atoms with Crippen LogP contribution in [0, 0.1) is 5.82 Å². The summed E-state index contributed by atoms with van der Waals surface area (Å²) < 4.78 is 53.0. The molecule has 1 aliphatic heterocycles. The Morgan fingerprint density at radius 2 is 1.40 bits per heavy atom. The largest absolute Gasteiger partial charge is 0.416 e. The Hall–Kier alpha value is -2.90. The molecule has 0 aromatic heterocycles. The van der Waals surface area contributed by atoms with E-state index in [1.165, 1.54) is 40.1 Å². The van der Waals surface area contributed by atoms with Gasteiger partial charge in [0, 0.05) is 26.2 Å². The predicted octanol–water partition coefficient (Wildman–Crippen LogP) is 4.11. The Morgan fingerprint density at radius 1 is 0.833 bits per heavy atom. The first kappa shape index (κ1) is 21.8. The zero-order chi connectivity index (χ0) is 22.1. The van der Waals surface area contributed by atoms with Gasteiger partial charge in [0.2, 0.25) is 5.91 Å². The molecule has 0 unspecified atom stereocenters. The third-order valence-electron chi connectivity index (χ3n) is 5.40. The van der Waals surface area contributed by atoms with Crippen LogP contribution >= 0.6 is 0 Å². The van der Waals surface area contributed by atoms with E-state index >= 15 is 0 Å². The van der Waals surface area contributed by atoms with Gasteiger partial charge in [0.25, 0.3) is 5.91 Å². The van der Waals surface area contributed by atoms with Crippen LogP contribution in [-0.2, 0) is 16.4 Å². The number of rotatable bonds is 3. The van der Waals surface area contributed by atoms with Gasteiger partial charge in [-0.1, -0.05) is 30.3 Å². The second kappa shape index (κ2) is 8.08. The van der Waals surface area contributed by atoms with Crippen molar-refractivity contribution >= 4 is 11.8 Å². The summed E-state index contributed by atoms with van der Waals surface area (Å²) in [5.74, 6) is -1.37. The predicted molar refractivity (Wildman–Crippen MR) is 103 cm³/mol. The first-order valence-corrected chi connectivity index (χ1v) is 9.53. The SMILES string of the molecule is CC(C)(C(=O)N1CCN(C(=O)c2ccccc2F)CC1)c1cccc(C(F)(F)F)c1. The Morgan fingerprint density at radius 3 is 2.00 bits per heavy atom. The van der Waals surface area contributed by atoms with Crippen LogP contribution in [0.1, 0.15) is 35.3 Å². The molecule has 0 aliphatic carbocycles. The summed E-state index contributed by atoms with van der Waals surface area (Å²) in [6.07, 6.45) is -4.49. The molecule has 0 spiro atoms. The van der Waals surface area contributed by atoms with Gasteiger partial charge in [-0.05, 0) is 37.6 Å². The molecule has 0 radical (unpaired) electrons. The van der Waals surface area contributed by atoms with Crippen molar-refractivity contribution in [2.45, 2.75) is 25.4 Å². The van der Waals surface area contributed by atoms with E-state index in [1.54, 1.807) is 19.9 Å². The monoisotopic (exact) mass is 422 g/mol. The number of piperazine rings is 1. The van der Waals surface area contributed by atoms with Gasteiger partial charge in [-0.15, -0.1) is 0 Å². The van der Waals surface area contributed by atoms with Crippen LogP contribution < -0.4 is 0 Å². The van der Waals surface area contributed by atoms with Crippen LogP contribution in [0.2, 0.25) is 0 Å². The summed E-state index contributed by atoms with van der Waals surface area (Å²) in [6.45, 7) is 4.06. The number of benzene rings is 2. The molecule has 1 heterocycles. The van der Waals surface area contributed by atoms with Gasteiger partial charge < -0.3 is 9.80 Å². The van der Waals surface area contributed by atoms with Crippen LogP contribution in [0.3, 0.4) is 0 Å². The number of hydrogen-bond acceptors (Lipinski definition) is 2. The quantitative estimate of drug-likeness (QED) is 0.699. The molecular weight excluding hydrogens is 400 g/mol. The number of nitrogens with zero attached hydrogens (tertiary/aromatic N) is 2. The van der Waals surface area contributed by atoms with Gasteiger partial charge in [-0.2, -0.15) is 13.2 Å². The summed E-state index contributed by atoms with van der Waals surface area (Å²) >= 11 is 0. The Balaban J connectivity index is 1.70. The van der Waals surface area contributed by atoms with Crippen LogP contribution in [0.4, 0.5) is 17.6 Å². The normalized spacial score (nSPS) is 15.3. The number of carbonyl (C=O) groups is 2. The standard InChI is InChI=1S/C22H22F4N2O2/c1-21(2,15-6-5-7-16(14-15)22(24,25)26)20(30)28-12-10-27(11-13-28)19(29)17-8-3-4-9-18(17)23/h3-9,14H,10-13H2,1-2H3. The summed E-state index contributed by atoms with van der Waals surface area (Å²) in [6, 6.07) is 10.5. The van der Waals surface area contributed by atoms with Crippen molar-refractivity contribution in [3.8, 4) is 0 Å². The van der Waals surface area contributed by atoms with Crippen molar-refractivity contribution < 1.29 is 27.2 Å². The lowest BCUT2D eigenvalue weighted by molar-refractivity contribution is -0.139. The molecule has 2 aromatic carbocycles. The van der Waals surface area contributed by atoms with E-state index in [-0.39, 0.29) is 43.2 Å². The van der Waals surface area contributed by atoms with Crippen LogP contribution in [0.15, 0.2) is 48.5 Å².